The van der Waals surface area contributed by atoms with Gasteiger partial charge in [-0.05, 0) is 17.7 Å². The SMILES string of the molecule is NC(CO)C1(c2ccc3[nH]c(=O)oc3c2)COC1. The van der Waals surface area contributed by atoms with E-state index in [2.05, 4.69) is 4.98 Å². The van der Waals surface area contributed by atoms with Crippen LogP contribution in [0.25, 0.3) is 11.1 Å². The molecule has 1 unspecified atom stereocenters. The molecule has 18 heavy (non-hydrogen) atoms. The van der Waals surface area contributed by atoms with Gasteiger partial charge in [-0.25, -0.2) is 4.79 Å². The minimum atomic E-state index is -0.479. The molecule has 1 atom stereocenters. The molecule has 6 heteroatoms. The second-order valence-electron chi connectivity index (χ2n) is 4.66. The first kappa shape index (κ1) is 11.5. The highest BCUT2D eigenvalue weighted by atomic mass is 16.5. The first-order valence-electron chi connectivity index (χ1n) is 5.73. The van der Waals surface area contributed by atoms with Crippen LogP contribution in [0.2, 0.25) is 0 Å². The van der Waals surface area contributed by atoms with Crippen molar-refractivity contribution in [3.63, 3.8) is 0 Å². The maximum absolute atomic E-state index is 11.1. The predicted molar refractivity (Wildman–Crippen MR) is 64.4 cm³/mol. The van der Waals surface area contributed by atoms with Crippen molar-refractivity contribution in [1.29, 1.82) is 0 Å². The zero-order valence-corrected chi connectivity index (χ0v) is 9.68. The van der Waals surface area contributed by atoms with Crippen LogP contribution in [0.4, 0.5) is 0 Å². The maximum Gasteiger partial charge on any atom is 0.417 e. The van der Waals surface area contributed by atoms with Crippen LogP contribution in [0.15, 0.2) is 27.4 Å². The minimum absolute atomic E-state index is 0.113. The summed E-state index contributed by atoms with van der Waals surface area (Å²) >= 11 is 0. The van der Waals surface area contributed by atoms with Crippen molar-refractivity contribution < 1.29 is 14.3 Å². The lowest BCUT2D eigenvalue weighted by molar-refractivity contribution is -0.0797. The van der Waals surface area contributed by atoms with Crippen LogP contribution < -0.4 is 11.5 Å². The average Bonchev–Trinajstić information content (AvgIpc) is 2.66. The Morgan fingerprint density at radius 1 is 1.50 bits per heavy atom. The zero-order valence-electron chi connectivity index (χ0n) is 9.68. The van der Waals surface area contributed by atoms with E-state index >= 15 is 0 Å². The lowest BCUT2D eigenvalue weighted by Crippen LogP contribution is -2.60. The summed E-state index contributed by atoms with van der Waals surface area (Å²) in [6.45, 7) is 0.822. The predicted octanol–water partition coefficient (Wildman–Crippen LogP) is -0.291. The molecule has 2 heterocycles. The Morgan fingerprint density at radius 2 is 2.28 bits per heavy atom. The van der Waals surface area contributed by atoms with Crippen molar-refractivity contribution in [2.75, 3.05) is 19.8 Å². The second kappa shape index (κ2) is 3.94. The summed E-state index contributed by atoms with van der Waals surface area (Å²) in [5, 5.41) is 9.25. The van der Waals surface area contributed by atoms with E-state index in [0.717, 1.165) is 5.56 Å². The van der Waals surface area contributed by atoms with Gasteiger partial charge in [0.05, 0.1) is 30.8 Å². The number of aliphatic hydroxyl groups is 1. The maximum atomic E-state index is 11.1. The Morgan fingerprint density at radius 3 is 2.89 bits per heavy atom. The highest BCUT2D eigenvalue weighted by Crippen LogP contribution is 2.36. The van der Waals surface area contributed by atoms with Gasteiger partial charge in [0.2, 0.25) is 0 Å². The van der Waals surface area contributed by atoms with E-state index in [9.17, 15) is 9.90 Å². The van der Waals surface area contributed by atoms with Gasteiger partial charge in [-0.3, -0.25) is 4.98 Å². The van der Waals surface area contributed by atoms with Crippen molar-refractivity contribution in [3.8, 4) is 0 Å². The van der Waals surface area contributed by atoms with Crippen LogP contribution in [0.5, 0.6) is 0 Å². The van der Waals surface area contributed by atoms with Crippen LogP contribution in [0, 0.1) is 0 Å². The average molecular weight is 250 g/mol. The van der Waals surface area contributed by atoms with Crippen molar-refractivity contribution in [2.45, 2.75) is 11.5 Å². The van der Waals surface area contributed by atoms with Gasteiger partial charge in [0.1, 0.15) is 0 Å². The molecule has 0 aliphatic carbocycles. The Balaban J connectivity index is 2.09. The monoisotopic (exact) mass is 250 g/mol. The standard InChI is InChI=1S/C12H14N2O4/c13-10(4-15)12(5-17-6-12)7-1-2-8-9(3-7)18-11(16)14-8/h1-3,10,15H,4-6,13H2,(H,14,16). The number of H-pyrrole nitrogens is 1. The Bertz CT molecular complexity index is 626. The molecule has 4 N–H and O–H groups in total. The third kappa shape index (κ3) is 1.50. The molecule has 1 aromatic carbocycles. The second-order valence-corrected chi connectivity index (χ2v) is 4.66. The lowest BCUT2D eigenvalue weighted by atomic mass is 9.73. The van der Waals surface area contributed by atoms with Gasteiger partial charge in [0.25, 0.3) is 0 Å². The van der Waals surface area contributed by atoms with E-state index in [1.165, 1.54) is 0 Å². The number of aromatic nitrogens is 1. The summed E-state index contributed by atoms with van der Waals surface area (Å²) in [6, 6.07) is 5.05. The quantitative estimate of drug-likeness (QED) is 0.694. The lowest BCUT2D eigenvalue weighted by Gasteiger charge is -2.45. The highest BCUT2D eigenvalue weighted by Gasteiger charge is 2.45. The molecule has 0 amide bonds. The largest absolute Gasteiger partial charge is 0.417 e. The van der Waals surface area contributed by atoms with E-state index in [1.54, 1.807) is 12.1 Å². The topological polar surface area (TPSA) is 101 Å². The zero-order chi connectivity index (χ0) is 12.8. The normalized spacial score (nSPS) is 19.7. The summed E-state index contributed by atoms with van der Waals surface area (Å²) in [6.07, 6.45) is 0. The van der Waals surface area contributed by atoms with Gasteiger partial charge in [0.15, 0.2) is 5.58 Å². The van der Waals surface area contributed by atoms with Gasteiger partial charge in [-0.15, -0.1) is 0 Å². The number of hydrogen-bond donors (Lipinski definition) is 3. The number of nitrogens with two attached hydrogens (primary N) is 1. The first-order chi connectivity index (χ1) is 8.65. The fraction of sp³-hybridized carbons (Fsp3) is 0.417. The molecule has 6 nitrogen and oxygen atoms in total. The van der Waals surface area contributed by atoms with Gasteiger partial charge in [-0.2, -0.15) is 0 Å². The summed E-state index contributed by atoms with van der Waals surface area (Å²) in [5.74, 6) is -0.479. The number of oxazole rings is 1. The summed E-state index contributed by atoms with van der Waals surface area (Å²) in [4.78, 5) is 13.7. The van der Waals surface area contributed by atoms with E-state index in [-0.39, 0.29) is 6.61 Å². The molecule has 1 aliphatic heterocycles. The van der Waals surface area contributed by atoms with E-state index in [0.29, 0.717) is 24.3 Å². The molecule has 1 aliphatic rings. The molecule has 1 aromatic heterocycles. The van der Waals surface area contributed by atoms with Crippen molar-refractivity contribution in [2.24, 2.45) is 5.73 Å². The third-order valence-corrected chi connectivity index (χ3v) is 3.62. The molecule has 0 radical (unpaired) electrons. The number of nitrogens with one attached hydrogen (secondary N) is 1. The molecule has 1 saturated heterocycles. The van der Waals surface area contributed by atoms with Crippen molar-refractivity contribution >= 4 is 11.1 Å². The van der Waals surface area contributed by atoms with Crippen molar-refractivity contribution in [3.05, 3.63) is 34.3 Å². The van der Waals surface area contributed by atoms with Crippen LogP contribution in [0.1, 0.15) is 5.56 Å². The summed E-state index contributed by atoms with van der Waals surface area (Å²) in [5.41, 5.74) is 7.64. The Kier molecular flexibility index (Phi) is 2.51. The van der Waals surface area contributed by atoms with Gasteiger partial charge in [-0.1, -0.05) is 6.07 Å². The number of rotatable bonds is 3. The number of fused-ring (bicyclic) bond motifs is 1. The molecule has 0 saturated carbocycles. The molecule has 96 valence electrons. The van der Waals surface area contributed by atoms with Crippen LogP contribution in [-0.2, 0) is 10.2 Å². The van der Waals surface area contributed by atoms with Crippen LogP contribution in [0.3, 0.4) is 0 Å². The molecule has 1 fully saturated rings. The van der Waals surface area contributed by atoms with E-state index < -0.39 is 17.2 Å². The van der Waals surface area contributed by atoms with Gasteiger partial charge >= 0.3 is 5.76 Å². The number of benzene rings is 1. The molecular formula is C12H14N2O4. The summed E-state index contributed by atoms with van der Waals surface area (Å²) in [7, 11) is 0. The van der Waals surface area contributed by atoms with Crippen LogP contribution in [-0.4, -0.2) is 36.0 Å². The third-order valence-electron chi connectivity index (χ3n) is 3.62. The summed E-state index contributed by atoms with van der Waals surface area (Å²) < 4.78 is 10.3. The molecular weight excluding hydrogens is 236 g/mol. The molecule has 0 spiro atoms. The number of hydrogen-bond acceptors (Lipinski definition) is 5. The van der Waals surface area contributed by atoms with Crippen LogP contribution >= 0.6 is 0 Å². The minimum Gasteiger partial charge on any atom is -0.408 e. The fourth-order valence-corrected chi connectivity index (χ4v) is 2.35. The fourth-order valence-electron chi connectivity index (χ4n) is 2.35. The number of ether oxygens (including phenoxy) is 1. The molecule has 0 bridgehead atoms. The number of aromatic amines is 1. The molecule has 2 aromatic rings. The van der Waals surface area contributed by atoms with E-state index in [1.807, 2.05) is 6.07 Å². The Hall–Kier alpha value is -1.63. The smallest absolute Gasteiger partial charge is 0.408 e. The number of aliphatic hydroxyl groups excluding tert-OH is 1. The first-order valence-corrected chi connectivity index (χ1v) is 5.73. The van der Waals surface area contributed by atoms with Gasteiger partial charge in [0, 0.05) is 6.04 Å². The van der Waals surface area contributed by atoms with Gasteiger partial charge < -0.3 is 20.0 Å². The van der Waals surface area contributed by atoms with E-state index in [4.69, 9.17) is 14.9 Å². The Labute approximate surface area is 102 Å². The van der Waals surface area contributed by atoms with Crippen molar-refractivity contribution in [1.82, 2.24) is 4.98 Å². The highest BCUT2D eigenvalue weighted by molar-refractivity contribution is 5.73. The molecule has 3 rings (SSSR count).